The van der Waals surface area contributed by atoms with Crippen molar-refractivity contribution in [2.45, 2.75) is 0 Å². The summed E-state index contributed by atoms with van der Waals surface area (Å²) in [6.07, 6.45) is 0. The Kier molecular flexibility index (Phi) is 2.98. The highest BCUT2D eigenvalue weighted by Crippen LogP contribution is 1.99. The number of nitriles is 1. The minimum Gasteiger partial charge on any atom is -0.333 e. The summed E-state index contributed by atoms with van der Waals surface area (Å²) >= 11 is 0. The molecule has 1 rings (SSSR count). The summed E-state index contributed by atoms with van der Waals surface area (Å²) in [5, 5.41) is 8.23. The minimum atomic E-state index is -0.968. The van der Waals surface area contributed by atoms with E-state index in [9.17, 15) is 9.59 Å². The summed E-state index contributed by atoms with van der Waals surface area (Å²) in [7, 11) is 1.95. The lowest BCUT2D eigenvalue weighted by atomic mass is 10.3. The highest BCUT2D eigenvalue weighted by molar-refractivity contribution is 6.42. The third-order valence-corrected chi connectivity index (χ3v) is 2.09. The van der Waals surface area contributed by atoms with E-state index >= 15 is 0 Å². The van der Waals surface area contributed by atoms with E-state index < -0.39 is 11.7 Å². The van der Waals surface area contributed by atoms with Gasteiger partial charge >= 0.3 is 11.7 Å². The van der Waals surface area contributed by atoms with E-state index in [2.05, 4.69) is 4.90 Å². The Bertz CT molecular complexity index is 261. The Labute approximate surface area is 76.5 Å². The number of Topliss-reactive ketones (excluding diaryl/α,β-unsaturated/α-hetero) is 1. The molecule has 1 fully saturated rings. The molecular formula is C8H11N3O2. The van der Waals surface area contributed by atoms with Crippen LogP contribution in [0.2, 0.25) is 0 Å². The van der Waals surface area contributed by atoms with Crippen molar-refractivity contribution in [3.05, 3.63) is 0 Å². The fourth-order valence-electron chi connectivity index (χ4n) is 1.20. The molecule has 0 aliphatic carbocycles. The standard InChI is InChI=1S/C8H11N3O2/c1-10-2-4-11(5-3-10)8(13)7(12)6-9/h2-5H2,1H3. The fourth-order valence-corrected chi connectivity index (χ4v) is 1.20. The number of likely N-dealkylation sites (N-methyl/N-ethyl adjacent to an activating group) is 1. The summed E-state index contributed by atoms with van der Waals surface area (Å²) < 4.78 is 0. The number of rotatable bonds is 1. The maximum absolute atomic E-state index is 11.2. The summed E-state index contributed by atoms with van der Waals surface area (Å²) in [6.45, 7) is 2.57. The minimum absolute atomic E-state index is 0.531. The molecule has 0 spiro atoms. The van der Waals surface area contributed by atoms with E-state index in [1.54, 1.807) is 0 Å². The van der Waals surface area contributed by atoms with E-state index in [0.29, 0.717) is 13.1 Å². The molecule has 5 nitrogen and oxygen atoms in total. The highest BCUT2D eigenvalue weighted by Gasteiger charge is 2.24. The number of ketones is 1. The van der Waals surface area contributed by atoms with Gasteiger partial charge in [-0.25, -0.2) is 0 Å². The predicted octanol–water partition coefficient (Wildman–Crippen LogP) is -1.15. The van der Waals surface area contributed by atoms with Crippen LogP contribution in [0.25, 0.3) is 0 Å². The molecule has 0 saturated carbocycles. The van der Waals surface area contributed by atoms with Crippen molar-refractivity contribution in [2.24, 2.45) is 0 Å². The first-order valence-corrected chi connectivity index (χ1v) is 4.07. The van der Waals surface area contributed by atoms with Gasteiger partial charge in [-0.2, -0.15) is 5.26 Å². The molecule has 13 heavy (non-hydrogen) atoms. The van der Waals surface area contributed by atoms with E-state index in [1.807, 2.05) is 7.05 Å². The van der Waals surface area contributed by atoms with Crippen LogP contribution in [0.4, 0.5) is 0 Å². The lowest BCUT2D eigenvalue weighted by Gasteiger charge is -2.31. The van der Waals surface area contributed by atoms with Gasteiger partial charge in [0.1, 0.15) is 6.07 Å². The fraction of sp³-hybridized carbons (Fsp3) is 0.625. The normalized spacial score (nSPS) is 18.0. The van der Waals surface area contributed by atoms with Crippen molar-refractivity contribution < 1.29 is 9.59 Å². The summed E-state index contributed by atoms with van der Waals surface area (Å²) in [6, 6.07) is 1.33. The highest BCUT2D eigenvalue weighted by atomic mass is 16.2. The van der Waals surface area contributed by atoms with E-state index in [-0.39, 0.29) is 0 Å². The van der Waals surface area contributed by atoms with Crippen LogP contribution in [0.3, 0.4) is 0 Å². The zero-order valence-corrected chi connectivity index (χ0v) is 7.49. The van der Waals surface area contributed by atoms with Crippen molar-refractivity contribution in [3.63, 3.8) is 0 Å². The van der Waals surface area contributed by atoms with Gasteiger partial charge in [0, 0.05) is 26.2 Å². The Balaban J connectivity index is 2.51. The molecule has 0 atom stereocenters. The number of amides is 1. The van der Waals surface area contributed by atoms with Crippen LogP contribution in [0, 0.1) is 11.3 Å². The molecule has 0 aromatic heterocycles. The van der Waals surface area contributed by atoms with Crippen LogP contribution >= 0.6 is 0 Å². The number of carbonyl (C=O) groups is 2. The molecule has 1 aliphatic heterocycles. The van der Waals surface area contributed by atoms with Crippen molar-refractivity contribution >= 4 is 11.7 Å². The molecule has 0 unspecified atom stereocenters. The average molecular weight is 181 g/mol. The molecule has 0 bridgehead atoms. The van der Waals surface area contributed by atoms with Gasteiger partial charge in [0.2, 0.25) is 0 Å². The van der Waals surface area contributed by atoms with Crippen LogP contribution in [0.5, 0.6) is 0 Å². The number of carbonyl (C=O) groups excluding carboxylic acids is 2. The second-order valence-corrected chi connectivity index (χ2v) is 3.04. The topological polar surface area (TPSA) is 64.4 Å². The van der Waals surface area contributed by atoms with Gasteiger partial charge in [0.15, 0.2) is 0 Å². The second-order valence-electron chi connectivity index (χ2n) is 3.04. The molecule has 1 heterocycles. The van der Waals surface area contributed by atoms with Crippen LogP contribution in [0.1, 0.15) is 0 Å². The maximum atomic E-state index is 11.2. The molecule has 1 saturated heterocycles. The largest absolute Gasteiger partial charge is 0.333 e. The van der Waals surface area contributed by atoms with Crippen molar-refractivity contribution in [2.75, 3.05) is 33.2 Å². The third kappa shape index (κ3) is 2.26. The van der Waals surface area contributed by atoms with Crippen molar-refractivity contribution in [1.29, 1.82) is 5.26 Å². The quantitative estimate of drug-likeness (QED) is 0.378. The first-order valence-electron chi connectivity index (χ1n) is 4.07. The number of nitrogens with zero attached hydrogens (tertiary/aromatic N) is 3. The molecule has 0 aromatic carbocycles. The zero-order valence-electron chi connectivity index (χ0n) is 7.49. The van der Waals surface area contributed by atoms with Gasteiger partial charge in [-0.3, -0.25) is 9.59 Å². The van der Waals surface area contributed by atoms with Crippen LogP contribution < -0.4 is 0 Å². The smallest absolute Gasteiger partial charge is 0.319 e. The van der Waals surface area contributed by atoms with Crippen molar-refractivity contribution in [3.8, 4) is 6.07 Å². The maximum Gasteiger partial charge on any atom is 0.319 e. The Morgan fingerprint density at radius 2 is 1.77 bits per heavy atom. The Hall–Kier alpha value is -1.41. The molecule has 1 aliphatic rings. The second kappa shape index (κ2) is 4.01. The molecule has 0 aromatic rings. The third-order valence-electron chi connectivity index (χ3n) is 2.09. The zero-order chi connectivity index (χ0) is 9.84. The number of piperazine rings is 1. The van der Waals surface area contributed by atoms with Gasteiger partial charge in [-0.05, 0) is 7.05 Å². The van der Waals surface area contributed by atoms with Gasteiger partial charge in [0.25, 0.3) is 0 Å². The molecule has 5 heteroatoms. The van der Waals surface area contributed by atoms with Gasteiger partial charge in [-0.15, -0.1) is 0 Å². The Morgan fingerprint density at radius 3 is 2.23 bits per heavy atom. The average Bonchev–Trinajstić information content (AvgIpc) is 2.17. The van der Waals surface area contributed by atoms with Gasteiger partial charge in [0.05, 0.1) is 0 Å². The predicted molar refractivity (Wildman–Crippen MR) is 44.7 cm³/mol. The van der Waals surface area contributed by atoms with E-state index in [0.717, 1.165) is 13.1 Å². The summed E-state index contributed by atoms with van der Waals surface area (Å²) in [5.41, 5.74) is 0. The van der Waals surface area contributed by atoms with E-state index in [4.69, 9.17) is 5.26 Å². The first kappa shape index (κ1) is 9.68. The molecular weight excluding hydrogens is 170 g/mol. The van der Waals surface area contributed by atoms with Crippen LogP contribution in [-0.4, -0.2) is 54.7 Å². The molecule has 0 N–H and O–H groups in total. The lowest BCUT2D eigenvalue weighted by molar-refractivity contribution is -0.143. The van der Waals surface area contributed by atoms with Crippen LogP contribution in [0.15, 0.2) is 0 Å². The van der Waals surface area contributed by atoms with Gasteiger partial charge < -0.3 is 9.80 Å². The van der Waals surface area contributed by atoms with Crippen molar-refractivity contribution in [1.82, 2.24) is 9.80 Å². The SMILES string of the molecule is CN1CCN(C(=O)C(=O)C#N)CC1. The van der Waals surface area contributed by atoms with Gasteiger partial charge in [-0.1, -0.05) is 0 Å². The van der Waals surface area contributed by atoms with Crippen LogP contribution in [-0.2, 0) is 9.59 Å². The monoisotopic (exact) mass is 181 g/mol. The Morgan fingerprint density at radius 1 is 1.23 bits per heavy atom. The molecule has 1 amide bonds. The first-order chi connectivity index (χ1) is 6.15. The molecule has 70 valence electrons. The van der Waals surface area contributed by atoms with E-state index in [1.165, 1.54) is 11.0 Å². The number of hydrogen-bond acceptors (Lipinski definition) is 4. The molecule has 0 radical (unpaired) electrons. The summed E-state index contributed by atoms with van der Waals surface area (Å²) in [4.78, 5) is 25.4. The number of hydrogen-bond donors (Lipinski definition) is 0. The summed E-state index contributed by atoms with van der Waals surface area (Å²) in [5.74, 6) is -1.64. The lowest BCUT2D eigenvalue weighted by Crippen LogP contribution is -2.49.